The number of aromatic nitrogens is 1. The molecule has 0 unspecified atom stereocenters. The number of pyridine rings is 1. The molecule has 23 heavy (non-hydrogen) atoms. The lowest BCUT2D eigenvalue weighted by Gasteiger charge is -2.08. The SMILES string of the molecule is COCCNc1ccc(C(=O)Nc2cccc(C(C)=O)c2)nc1. The fourth-order valence-electron chi connectivity index (χ4n) is 1.94. The van der Waals surface area contributed by atoms with Crippen LogP contribution in [0.5, 0.6) is 0 Å². The number of nitrogens with zero attached hydrogens (tertiary/aromatic N) is 1. The summed E-state index contributed by atoms with van der Waals surface area (Å²) in [5, 5.41) is 5.86. The lowest BCUT2D eigenvalue weighted by molar-refractivity contribution is 0.100. The molecule has 1 aromatic carbocycles. The van der Waals surface area contributed by atoms with Crippen molar-refractivity contribution >= 4 is 23.1 Å². The summed E-state index contributed by atoms with van der Waals surface area (Å²) in [4.78, 5) is 27.7. The van der Waals surface area contributed by atoms with Gasteiger partial charge in [0, 0.05) is 24.9 Å². The normalized spacial score (nSPS) is 10.2. The Bertz CT molecular complexity index is 684. The number of hydrogen-bond donors (Lipinski definition) is 2. The number of carbonyl (C=O) groups is 2. The molecule has 1 amide bonds. The summed E-state index contributed by atoms with van der Waals surface area (Å²) in [6.07, 6.45) is 1.59. The molecule has 0 atom stereocenters. The number of rotatable bonds is 7. The molecule has 2 N–H and O–H groups in total. The number of benzene rings is 1. The van der Waals surface area contributed by atoms with Gasteiger partial charge in [-0.3, -0.25) is 9.59 Å². The van der Waals surface area contributed by atoms with Gasteiger partial charge in [0.2, 0.25) is 0 Å². The largest absolute Gasteiger partial charge is 0.383 e. The molecule has 0 fully saturated rings. The highest BCUT2D eigenvalue weighted by atomic mass is 16.5. The van der Waals surface area contributed by atoms with Crippen LogP contribution in [0, 0.1) is 0 Å². The molecule has 1 aromatic heterocycles. The van der Waals surface area contributed by atoms with Crippen molar-refractivity contribution in [3.05, 3.63) is 53.9 Å². The van der Waals surface area contributed by atoms with Crippen LogP contribution in [-0.2, 0) is 4.74 Å². The van der Waals surface area contributed by atoms with Gasteiger partial charge < -0.3 is 15.4 Å². The average molecular weight is 313 g/mol. The number of hydrogen-bond acceptors (Lipinski definition) is 5. The molecule has 0 saturated heterocycles. The number of Topliss-reactive ketones (excluding diaryl/α,β-unsaturated/α-hetero) is 1. The van der Waals surface area contributed by atoms with Crippen LogP contribution in [0.4, 0.5) is 11.4 Å². The number of ether oxygens (including phenoxy) is 1. The molecule has 2 aromatic rings. The van der Waals surface area contributed by atoms with Gasteiger partial charge in [0.15, 0.2) is 5.78 Å². The van der Waals surface area contributed by atoms with Gasteiger partial charge in [-0.1, -0.05) is 12.1 Å². The topological polar surface area (TPSA) is 80.3 Å². The minimum Gasteiger partial charge on any atom is -0.383 e. The van der Waals surface area contributed by atoms with Gasteiger partial charge in [-0.2, -0.15) is 0 Å². The fraction of sp³-hybridized carbons (Fsp3) is 0.235. The molecule has 0 spiro atoms. The van der Waals surface area contributed by atoms with Crippen LogP contribution >= 0.6 is 0 Å². The summed E-state index contributed by atoms with van der Waals surface area (Å²) in [6, 6.07) is 10.2. The van der Waals surface area contributed by atoms with E-state index in [1.54, 1.807) is 49.7 Å². The third-order valence-corrected chi connectivity index (χ3v) is 3.16. The smallest absolute Gasteiger partial charge is 0.274 e. The number of ketones is 1. The van der Waals surface area contributed by atoms with Crippen LogP contribution in [0.25, 0.3) is 0 Å². The van der Waals surface area contributed by atoms with Crippen molar-refractivity contribution < 1.29 is 14.3 Å². The molecular weight excluding hydrogens is 294 g/mol. The first kappa shape index (κ1) is 16.6. The zero-order valence-corrected chi connectivity index (χ0v) is 13.1. The van der Waals surface area contributed by atoms with E-state index in [1.807, 2.05) is 0 Å². The lowest BCUT2D eigenvalue weighted by Crippen LogP contribution is -2.14. The van der Waals surface area contributed by atoms with Crippen molar-refractivity contribution in [3.63, 3.8) is 0 Å². The lowest BCUT2D eigenvalue weighted by atomic mass is 10.1. The standard InChI is InChI=1S/C17H19N3O3/c1-12(21)13-4-3-5-14(10-13)20-17(22)16-7-6-15(11-19-16)18-8-9-23-2/h3-7,10-11,18H,8-9H2,1-2H3,(H,20,22). The maximum absolute atomic E-state index is 12.2. The van der Waals surface area contributed by atoms with Crippen molar-refractivity contribution in [2.24, 2.45) is 0 Å². The first-order valence-corrected chi connectivity index (χ1v) is 7.21. The molecule has 6 heteroatoms. The summed E-state index contributed by atoms with van der Waals surface area (Å²) >= 11 is 0. The summed E-state index contributed by atoms with van der Waals surface area (Å²) in [6.45, 7) is 2.74. The molecule has 0 aliphatic heterocycles. The summed E-state index contributed by atoms with van der Waals surface area (Å²) < 4.78 is 4.95. The number of carbonyl (C=O) groups excluding carboxylic acids is 2. The second-order valence-electron chi connectivity index (χ2n) is 4.94. The molecule has 0 aliphatic carbocycles. The van der Waals surface area contributed by atoms with Gasteiger partial charge >= 0.3 is 0 Å². The van der Waals surface area contributed by atoms with E-state index in [0.717, 1.165) is 5.69 Å². The zero-order valence-electron chi connectivity index (χ0n) is 13.1. The third-order valence-electron chi connectivity index (χ3n) is 3.16. The van der Waals surface area contributed by atoms with Gasteiger partial charge in [-0.05, 0) is 31.2 Å². The van der Waals surface area contributed by atoms with Crippen molar-refractivity contribution in [1.82, 2.24) is 4.98 Å². The van der Waals surface area contributed by atoms with E-state index in [-0.39, 0.29) is 11.7 Å². The molecule has 6 nitrogen and oxygen atoms in total. The van der Waals surface area contributed by atoms with Gasteiger partial charge in [-0.15, -0.1) is 0 Å². The van der Waals surface area contributed by atoms with Gasteiger partial charge in [-0.25, -0.2) is 4.98 Å². The molecule has 120 valence electrons. The summed E-state index contributed by atoms with van der Waals surface area (Å²) in [5.74, 6) is -0.375. The highest BCUT2D eigenvalue weighted by Gasteiger charge is 2.08. The van der Waals surface area contributed by atoms with E-state index in [0.29, 0.717) is 30.1 Å². The monoisotopic (exact) mass is 313 g/mol. The summed E-state index contributed by atoms with van der Waals surface area (Å²) in [7, 11) is 1.63. The van der Waals surface area contributed by atoms with Crippen LogP contribution in [0.3, 0.4) is 0 Å². The second kappa shape index (κ2) is 8.05. The minimum atomic E-state index is -0.325. The Labute approximate surface area is 134 Å². The third kappa shape index (κ3) is 4.89. The highest BCUT2D eigenvalue weighted by molar-refractivity contribution is 6.04. The number of methoxy groups -OCH3 is 1. The Morgan fingerprint density at radius 3 is 2.65 bits per heavy atom. The van der Waals surface area contributed by atoms with Gasteiger partial charge in [0.25, 0.3) is 5.91 Å². The zero-order chi connectivity index (χ0) is 16.7. The van der Waals surface area contributed by atoms with Gasteiger partial charge in [0.1, 0.15) is 5.69 Å². The van der Waals surface area contributed by atoms with Crippen molar-refractivity contribution in [3.8, 4) is 0 Å². The first-order chi connectivity index (χ1) is 11.1. The van der Waals surface area contributed by atoms with Crippen molar-refractivity contribution in [2.75, 3.05) is 30.9 Å². The number of anilines is 2. The van der Waals surface area contributed by atoms with Crippen LogP contribution in [0.2, 0.25) is 0 Å². The Kier molecular flexibility index (Phi) is 5.82. The predicted molar refractivity (Wildman–Crippen MR) is 89.0 cm³/mol. The average Bonchev–Trinajstić information content (AvgIpc) is 2.56. The maximum atomic E-state index is 12.2. The molecule has 2 rings (SSSR count). The minimum absolute atomic E-state index is 0.0503. The fourth-order valence-corrected chi connectivity index (χ4v) is 1.94. The Morgan fingerprint density at radius 2 is 2.00 bits per heavy atom. The molecule has 0 radical (unpaired) electrons. The first-order valence-electron chi connectivity index (χ1n) is 7.21. The van der Waals surface area contributed by atoms with Crippen molar-refractivity contribution in [2.45, 2.75) is 6.92 Å². The molecular formula is C17H19N3O3. The van der Waals surface area contributed by atoms with Gasteiger partial charge in [0.05, 0.1) is 18.5 Å². The Morgan fingerprint density at radius 1 is 1.17 bits per heavy atom. The Hall–Kier alpha value is -2.73. The molecule has 0 saturated carbocycles. The second-order valence-corrected chi connectivity index (χ2v) is 4.94. The number of nitrogens with one attached hydrogen (secondary N) is 2. The van der Waals surface area contributed by atoms with Crippen molar-refractivity contribution in [1.29, 1.82) is 0 Å². The van der Waals surface area contributed by atoms with E-state index < -0.39 is 0 Å². The van der Waals surface area contributed by atoms with E-state index in [1.165, 1.54) is 6.92 Å². The van der Waals surface area contributed by atoms with E-state index in [2.05, 4.69) is 15.6 Å². The Balaban J connectivity index is 2.00. The van der Waals surface area contributed by atoms with Crippen LogP contribution < -0.4 is 10.6 Å². The number of amides is 1. The molecule has 0 bridgehead atoms. The quantitative estimate of drug-likeness (QED) is 0.606. The molecule has 0 aliphatic rings. The van der Waals surface area contributed by atoms with Crippen LogP contribution in [-0.4, -0.2) is 36.9 Å². The van der Waals surface area contributed by atoms with E-state index in [9.17, 15) is 9.59 Å². The molecule has 1 heterocycles. The summed E-state index contributed by atoms with van der Waals surface area (Å²) in [5.41, 5.74) is 2.23. The highest BCUT2D eigenvalue weighted by Crippen LogP contribution is 2.13. The van der Waals surface area contributed by atoms with E-state index in [4.69, 9.17) is 4.74 Å². The van der Waals surface area contributed by atoms with Crippen LogP contribution in [0.15, 0.2) is 42.6 Å². The van der Waals surface area contributed by atoms with E-state index >= 15 is 0 Å². The maximum Gasteiger partial charge on any atom is 0.274 e. The van der Waals surface area contributed by atoms with Crippen LogP contribution in [0.1, 0.15) is 27.8 Å². The predicted octanol–water partition coefficient (Wildman–Crippen LogP) is 2.59.